The molecule has 0 spiro atoms. The van der Waals surface area contributed by atoms with Crippen LogP contribution in [-0.2, 0) is 27.6 Å². The lowest BCUT2D eigenvalue weighted by molar-refractivity contribution is 0.0526. The van der Waals surface area contributed by atoms with Crippen molar-refractivity contribution in [2.24, 2.45) is 0 Å². The molecule has 0 saturated carbocycles. The molecule has 1 aromatic heterocycles. The number of anilines is 3. The SMILES string of the molecule is CCOC(=O)c1c(NC(=S)Nc2ccc(S(=O)(=O)Nc3c(C)cc(C)cc3C)cc2)sc2c1CCCCCC2. The average molecular weight is 586 g/mol. The van der Waals surface area contributed by atoms with Gasteiger partial charge in [-0.05, 0) is 107 Å². The zero-order valence-electron chi connectivity index (χ0n) is 22.8. The summed E-state index contributed by atoms with van der Waals surface area (Å²) in [5.41, 5.74) is 5.69. The molecule has 3 N–H and O–H groups in total. The van der Waals surface area contributed by atoms with E-state index in [1.54, 1.807) is 30.4 Å². The third-order valence-electron chi connectivity index (χ3n) is 6.71. The zero-order valence-corrected chi connectivity index (χ0v) is 25.2. The summed E-state index contributed by atoms with van der Waals surface area (Å²) in [6, 6.07) is 10.3. The molecule has 0 unspecified atom stereocenters. The molecule has 3 aromatic rings. The van der Waals surface area contributed by atoms with Crippen molar-refractivity contribution in [3.63, 3.8) is 0 Å². The monoisotopic (exact) mass is 585 g/mol. The summed E-state index contributed by atoms with van der Waals surface area (Å²) in [6.07, 6.45) is 6.30. The standard InChI is InChI=1S/C29H35N3O4S3/c1-5-36-28(33)25-23-10-8-6-7-9-11-24(23)38-27(25)31-29(37)30-21-12-14-22(15-13-21)39(34,35)32-26-19(3)16-18(2)17-20(26)4/h12-17,32H,5-11H2,1-4H3,(H2,30,31,37). The normalized spacial score (nSPS) is 13.5. The van der Waals surface area contributed by atoms with E-state index in [-0.39, 0.29) is 10.9 Å². The molecular formula is C29H35N3O4S3. The summed E-state index contributed by atoms with van der Waals surface area (Å²) in [4.78, 5) is 14.2. The number of rotatable bonds is 7. The van der Waals surface area contributed by atoms with Crippen molar-refractivity contribution in [2.75, 3.05) is 22.0 Å². The largest absolute Gasteiger partial charge is 0.462 e. The van der Waals surface area contributed by atoms with Gasteiger partial charge in [0.15, 0.2) is 5.11 Å². The molecule has 1 heterocycles. The second kappa shape index (κ2) is 12.5. The van der Waals surface area contributed by atoms with Crippen molar-refractivity contribution in [1.82, 2.24) is 0 Å². The van der Waals surface area contributed by atoms with Gasteiger partial charge < -0.3 is 15.4 Å². The van der Waals surface area contributed by atoms with E-state index in [1.165, 1.54) is 23.4 Å². The molecule has 0 bridgehead atoms. The lowest BCUT2D eigenvalue weighted by Crippen LogP contribution is -2.20. The number of benzene rings is 2. The van der Waals surface area contributed by atoms with Crippen molar-refractivity contribution < 1.29 is 17.9 Å². The third kappa shape index (κ3) is 6.98. The van der Waals surface area contributed by atoms with Gasteiger partial charge in [-0.2, -0.15) is 0 Å². The molecule has 0 amide bonds. The predicted molar refractivity (Wildman–Crippen MR) is 164 cm³/mol. The van der Waals surface area contributed by atoms with Gasteiger partial charge in [0.1, 0.15) is 5.00 Å². The Morgan fingerprint density at radius 3 is 2.26 bits per heavy atom. The number of thiophene rings is 1. The minimum absolute atomic E-state index is 0.147. The van der Waals surface area contributed by atoms with Crippen LogP contribution in [0.5, 0.6) is 0 Å². The van der Waals surface area contributed by atoms with Crippen LogP contribution in [0.15, 0.2) is 41.3 Å². The number of nitrogens with one attached hydrogen (secondary N) is 3. The minimum Gasteiger partial charge on any atom is -0.462 e. The molecule has 0 radical (unpaired) electrons. The minimum atomic E-state index is -3.77. The maximum Gasteiger partial charge on any atom is 0.341 e. The van der Waals surface area contributed by atoms with Crippen molar-refractivity contribution in [3.05, 3.63) is 69.1 Å². The van der Waals surface area contributed by atoms with E-state index in [0.29, 0.717) is 33.7 Å². The molecule has 0 saturated heterocycles. The average Bonchev–Trinajstić information content (AvgIpc) is 3.17. The van der Waals surface area contributed by atoms with Gasteiger partial charge in [-0.1, -0.05) is 30.5 Å². The van der Waals surface area contributed by atoms with Crippen molar-refractivity contribution in [3.8, 4) is 0 Å². The Morgan fingerprint density at radius 2 is 1.62 bits per heavy atom. The van der Waals surface area contributed by atoms with Crippen molar-refractivity contribution in [2.45, 2.75) is 71.1 Å². The number of esters is 1. The van der Waals surface area contributed by atoms with Gasteiger partial charge in [-0.25, -0.2) is 13.2 Å². The maximum atomic E-state index is 13.1. The molecule has 2 aromatic carbocycles. The van der Waals surface area contributed by atoms with Crippen LogP contribution in [0.3, 0.4) is 0 Å². The number of carbonyl (C=O) groups is 1. The van der Waals surface area contributed by atoms with Crippen LogP contribution in [0.4, 0.5) is 16.4 Å². The summed E-state index contributed by atoms with van der Waals surface area (Å²) in [5.74, 6) is -0.331. The van der Waals surface area contributed by atoms with Crippen LogP contribution in [0.25, 0.3) is 0 Å². The number of sulfonamides is 1. The van der Waals surface area contributed by atoms with E-state index in [1.807, 2.05) is 32.9 Å². The van der Waals surface area contributed by atoms with E-state index in [0.717, 1.165) is 54.4 Å². The van der Waals surface area contributed by atoms with E-state index >= 15 is 0 Å². The molecule has 1 aliphatic rings. The van der Waals surface area contributed by atoms with Gasteiger partial charge >= 0.3 is 5.97 Å². The fraction of sp³-hybridized carbons (Fsp3) is 0.379. The van der Waals surface area contributed by atoms with Gasteiger partial charge in [-0.15, -0.1) is 11.3 Å². The number of hydrogen-bond donors (Lipinski definition) is 3. The highest BCUT2D eigenvalue weighted by Crippen LogP contribution is 2.37. The van der Waals surface area contributed by atoms with Crippen LogP contribution >= 0.6 is 23.6 Å². The van der Waals surface area contributed by atoms with Crippen LogP contribution in [0.1, 0.15) is 70.1 Å². The first-order valence-corrected chi connectivity index (χ1v) is 15.9. The fourth-order valence-corrected chi connectivity index (χ4v) is 7.71. The first-order valence-electron chi connectivity index (χ1n) is 13.2. The summed E-state index contributed by atoms with van der Waals surface area (Å²) in [7, 11) is -3.77. The smallest absolute Gasteiger partial charge is 0.341 e. The molecule has 208 valence electrons. The Labute approximate surface area is 240 Å². The van der Waals surface area contributed by atoms with Gasteiger partial charge in [0.05, 0.1) is 22.8 Å². The number of aryl methyl sites for hydroxylation is 4. The molecule has 0 aliphatic heterocycles. The van der Waals surface area contributed by atoms with Crippen molar-refractivity contribution in [1.29, 1.82) is 0 Å². The molecular weight excluding hydrogens is 551 g/mol. The number of ether oxygens (including phenoxy) is 1. The quantitative estimate of drug-likeness (QED) is 0.201. The summed E-state index contributed by atoms with van der Waals surface area (Å²) < 4.78 is 34.2. The summed E-state index contributed by atoms with van der Waals surface area (Å²) in [6.45, 7) is 7.86. The molecule has 10 heteroatoms. The lowest BCUT2D eigenvalue weighted by Gasteiger charge is -2.15. The van der Waals surface area contributed by atoms with Crippen LogP contribution in [-0.4, -0.2) is 26.1 Å². The Balaban J connectivity index is 1.49. The van der Waals surface area contributed by atoms with Gasteiger partial charge in [0, 0.05) is 10.6 Å². The third-order valence-corrected chi connectivity index (χ3v) is 9.49. The molecule has 0 fully saturated rings. The van der Waals surface area contributed by atoms with E-state index in [9.17, 15) is 13.2 Å². The predicted octanol–water partition coefficient (Wildman–Crippen LogP) is 7.12. The number of carbonyl (C=O) groups excluding carboxylic acids is 1. The highest BCUT2D eigenvalue weighted by Gasteiger charge is 2.26. The Hall–Kier alpha value is -2.95. The molecule has 1 aliphatic carbocycles. The van der Waals surface area contributed by atoms with Gasteiger partial charge in [0.2, 0.25) is 0 Å². The maximum absolute atomic E-state index is 13.1. The lowest BCUT2D eigenvalue weighted by atomic mass is 9.96. The Kier molecular flexibility index (Phi) is 9.30. The summed E-state index contributed by atoms with van der Waals surface area (Å²) in [5, 5.41) is 7.30. The van der Waals surface area contributed by atoms with Crippen LogP contribution in [0.2, 0.25) is 0 Å². The van der Waals surface area contributed by atoms with E-state index in [4.69, 9.17) is 17.0 Å². The Morgan fingerprint density at radius 1 is 0.974 bits per heavy atom. The second-order valence-corrected chi connectivity index (χ2v) is 13.0. The topological polar surface area (TPSA) is 96.5 Å². The molecule has 39 heavy (non-hydrogen) atoms. The molecule has 4 rings (SSSR count). The Bertz CT molecular complexity index is 1460. The molecule has 7 nitrogen and oxygen atoms in total. The first kappa shape index (κ1) is 29.0. The second-order valence-electron chi connectivity index (χ2n) is 9.83. The number of hydrogen-bond acceptors (Lipinski definition) is 6. The van der Waals surface area contributed by atoms with Crippen LogP contribution in [0, 0.1) is 20.8 Å². The number of fused-ring (bicyclic) bond motifs is 1. The number of thiocarbonyl (C=S) groups is 1. The zero-order chi connectivity index (χ0) is 28.2. The van der Waals surface area contributed by atoms with Gasteiger partial charge in [0.25, 0.3) is 10.0 Å². The van der Waals surface area contributed by atoms with E-state index in [2.05, 4.69) is 15.4 Å². The highest BCUT2D eigenvalue weighted by molar-refractivity contribution is 7.92. The summed E-state index contributed by atoms with van der Waals surface area (Å²) >= 11 is 7.12. The first-order chi connectivity index (χ1) is 18.6. The highest BCUT2D eigenvalue weighted by atomic mass is 32.2. The van der Waals surface area contributed by atoms with Gasteiger partial charge in [-0.3, -0.25) is 4.72 Å². The van der Waals surface area contributed by atoms with E-state index < -0.39 is 10.0 Å². The fourth-order valence-electron chi connectivity index (χ4n) is 4.94. The van der Waals surface area contributed by atoms with Crippen LogP contribution < -0.4 is 15.4 Å². The van der Waals surface area contributed by atoms with Crippen molar-refractivity contribution >= 4 is 61.0 Å². The molecule has 0 atom stereocenters.